The molecule has 33 heavy (non-hydrogen) atoms. The van der Waals surface area contributed by atoms with Crippen LogP contribution in [0, 0.1) is 0 Å². The number of carbonyl (C=O) groups excluding carboxylic acids is 2. The van der Waals surface area contributed by atoms with E-state index in [-0.39, 0.29) is 23.3 Å². The second kappa shape index (κ2) is 9.93. The van der Waals surface area contributed by atoms with Gasteiger partial charge in [-0.15, -0.1) is 23.5 Å². The van der Waals surface area contributed by atoms with E-state index in [0.29, 0.717) is 11.4 Å². The highest BCUT2D eigenvalue weighted by Gasteiger charge is 2.35. The molecular formula is C24H19F3N2O2S2. The Morgan fingerprint density at radius 3 is 2.45 bits per heavy atom. The third-order valence-corrected chi connectivity index (χ3v) is 7.13. The number of alkyl halides is 3. The number of benzene rings is 3. The van der Waals surface area contributed by atoms with E-state index in [1.54, 1.807) is 18.2 Å². The molecule has 1 heterocycles. The molecule has 1 N–H and O–H groups in total. The molecule has 2 amide bonds. The van der Waals surface area contributed by atoms with E-state index >= 15 is 0 Å². The Kier molecular flexibility index (Phi) is 6.99. The monoisotopic (exact) mass is 488 g/mol. The molecule has 0 radical (unpaired) electrons. The zero-order valence-electron chi connectivity index (χ0n) is 17.2. The first-order valence-electron chi connectivity index (χ1n) is 10.00. The Bertz CT molecular complexity index is 1140. The molecule has 0 aliphatic carbocycles. The summed E-state index contributed by atoms with van der Waals surface area (Å²) in [7, 11) is 0. The van der Waals surface area contributed by atoms with Crippen LogP contribution < -0.4 is 10.2 Å². The first-order valence-corrected chi connectivity index (χ1v) is 12.0. The molecule has 1 saturated heterocycles. The molecule has 9 heteroatoms. The molecule has 0 aromatic heterocycles. The summed E-state index contributed by atoms with van der Waals surface area (Å²) in [6.45, 7) is 0. The Labute approximate surface area is 197 Å². The van der Waals surface area contributed by atoms with Crippen molar-refractivity contribution in [1.82, 2.24) is 0 Å². The van der Waals surface area contributed by atoms with E-state index in [2.05, 4.69) is 5.32 Å². The summed E-state index contributed by atoms with van der Waals surface area (Å²) >= 11 is 2.82. The fourth-order valence-corrected chi connectivity index (χ4v) is 5.28. The lowest BCUT2D eigenvalue weighted by molar-refractivity contribution is -0.137. The molecule has 1 fully saturated rings. The largest absolute Gasteiger partial charge is 0.416 e. The van der Waals surface area contributed by atoms with Crippen LogP contribution >= 0.6 is 23.5 Å². The number of halogens is 3. The Morgan fingerprint density at radius 2 is 1.76 bits per heavy atom. The Morgan fingerprint density at radius 1 is 1.03 bits per heavy atom. The normalized spacial score (nSPS) is 16.2. The number of nitrogens with one attached hydrogen (secondary N) is 1. The summed E-state index contributed by atoms with van der Waals surface area (Å²) in [6, 6.07) is 21.3. The molecule has 0 saturated carbocycles. The number of rotatable bonds is 6. The van der Waals surface area contributed by atoms with E-state index in [4.69, 9.17) is 0 Å². The first-order chi connectivity index (χ1) is 15.8. The molecule has 0 spiro atoms. The van der Waals surface area contributed by atoms with Gasteiger partial charge >= 0.3 is 6.18 Å². The van der Waals surface area contributed by atoms with Gasteiger partial charge in [0.05, 0.1) is 17.1 Å². The van der Waals surface area contributed by atoms with Crippen molar-refractivity contribution in [2.45, 2.75) is 16.4 Å². The van der Waals surface area contributed by atoms with Crippen molar-refractivity contribution >= 4 is 46.7 Å². The molecule has 3 aromatic rings. The predicted molar refractivity (Wildman–Crippen MR) is 126 cm³/mol. The predicted octanol–water partition coefficient (Wildman–Crippen LogP) is 6.21. The van der Waals surface area contributed by atoms with Crippen LogP contribution in [0.1, 0.15) is 16.5 Å². The summed E-state index contributed by atoms with van der Waals surface area (Å²) < 4.78 is 38.7. The minimum absolute atomic E-state index is 0.157. The maximum atomic E-state index is 12.9. The van der Waals surface area contributed by atoms with E-state index in [9.17, 15) is 22.8 Å². The van der Waals surface area contributed by atoms with Crippen LogP contribution in [0.25, 0.3) is 0 Å². The molecule has 1 aliphatic heterocycles. The minimum Gasteiger partial charge on any atom is -0.325 e. The average Bonchev–Trinajstić information content (AvgIpc) is 3.19. The van der Waals surface area contributed by atoms with Crippen LogP contribution in [0.3, 0.4) is 0 Å². The van der Waals surface area contributed by atoms with Gasteiger partial charge in [-0.3, -0.25) is 14.5 Å². The second-order valence-corrected chi connectivity index (χ2v) is 9.36. The number of hydrogen-bond acceptors (Lipinski definition) is 4. The third-order valence-electron chi connectivity index (χ3n) is 4.91. The second-order valence-electron chi connectivity index (χ2n) is 7.25. The first kappa shape index (κ1) is 23.3. The molecule has 1 atom stereocenters. The standard InChI is InChI=1S/C24H19F3N2O2S2/c25-24(26,27)17-9-11-19(12-10-17)29-22(31)15-33-23(29)16-5-4-6-18(13-16)28-21(30)14-32-20-7-2-1-3-8-20/h1-13,23H,14-15H2,(H,28,30)/t23-/m0/s1. The summed E-state index contributed by atoms with van der Waals surface area (Å²) in [5.41, 5.74) is 1.01. The fraction of sp³-hybridized carbons (Fsp3) is 0.167. The number of nitrogens with zero attached hydrogens (tertiary/aromatic N) is 1. The van der Waals surface area contributed by atoms with Crippen LogP contribution in [0.4, 0.5) is 24.5 Å². The van der Waals surface area contributed by atoms with Crippen molar-refractivity contribution in [2.24, 2.45) is 0 Å². The Hall–Kier alpha value is -2.91. The smallest absolute Gasteiger partial charge is 0.325 e. The number of anilines is 2. The summed E-state index contributed by atoms with van der Waals surface area (Å²) in [4.78, 5) is 27.4. The highest BCUT2D eigenvalue weighted by Crippen LogP contribution is 2.43. The van der Waals surface area contributed by atoms with Gasteiger partial charge in [0.2, 0.25) is 11.8 Å². The van der Waals surface area contributed by atoms with E-state index in [1.165, 1.54) is 40.6 Å². The van der Waals surface area contributed by atoms with Crippen LogP contribution in [0.15, 0.2) is 83.8 Å². The van der Waals surface area contributed by atoms with Crippen LogP contribution in [-0.2, 0) is 15.8 Å². The molecule has 4 rings (SSSR count). The lowest BCUT2D eigenvalue weighted by Crippen LogP contribution is -2.28. The van der Waals surface area contributed by atoms with Crippen molar-refractivity contribution < 1.29 is 22.8 Å². The van der Waals surface area contributed by atoms with Gasteiger partial charge in [0.15, 0.2) is 0 Å². The van der Waals surface area contributed by atoms with Crippen molar-refractivity contribution in [3.05, 3.63) is 90.0 Å². The summed E-state index contributed by atoms with van der Waals surface area (Å²) in [5, 5.41) is 2.47. The van der Waals surface area contributed by atoms with Gasteiger partial charge < -0.3 is 5.32 Å². The SMILES string of the molecule is O=C(CSc1ccccc1)Nc1cccc([C@@H]2SCC(=O)N2c2ccc(C(F)(F)F)cc2)c1. The maximum Gasteiger partial charge on any atom is 0.416 e. The molecule has 0 bridgehead atoms. The zero-order valence-corrected chi connectivity index (χ0v) is 18.8. The highest BCUT2D eigenvalue weighted by molar-refractivity contribution is 8.00. The van der Waals surface area contributed by atoms with E-state index < -0.39 is 17.1 Å². The lowest BCUT2D eigenvalue weighted by atomic mass is 10.1. The molecule has 3 aromatic carbocycles. The van der Waals surface area contributed by atoms with Gasteiger partial charge in [0.25, 0.3) is 0 Å². The number of carbonyl (C=O) groups is 2. The van der Waals surface area contributed by atoms with Crippen molar-refractivity contribution in [2.75, 3.05) is 21.7 Å². The molecule has 4 nitrogen and oxygen atoms in total. The van der Waals surface area contributed by atoms with Crippen molar-refractivity contribution in [3.63, 3.8) is 0 Å². The quantitative estimate of drug-likeness (QED) is 0.419. The van der Waals surface area contributed by atoms with E-state index in [1.807, 2.05) is 36.4 Å². The molecule has 170 valence electrons. The van der Waals surface area contributed by atoms with Crippen LogP contribution in [-0.4, -0.2) is 23.3 Å². The van der Waals surface area contributed by atoms with Crippen molar-refractivity contribution in [1.29, 1.82) is 0 Å². The van der Waals surface area contributed by atoms with E-state index in [0.717, 1.165) is 22.6 Å². The topological polar surface area (TPSA) is 49.4 Å². The van der Waals surface area contributed by atoms with Crippen LogP contribution in [0.5, 0.6) is 0 Å². The number of hydrogen-bond donors (Lipinski definition) is 1. The third kappa shape index (κ3) is 5.72. The maximum absolute atomic E-state index is 12.9. The average molecular weight is 489 g/mol. The van der Waals surface area contributed by atoms with Gasteiger partial charge in [-0.05, 0) is 54.1 Å². The van der Waals surface area contributed by atoms with Gasteiger partial charge in [-0.25, -0.2) is 0 Å². The fourth-order valence-electron chi connectivity index (χ4n) is 3.39. The zero-order chi connectivity index (χ0) is 23.4. The van der Waals surface area contributed by atoms with Crippen LogP contribution in [0.2, 0.25) is 0 Å². The Balaban J connectivity index is 1.47. The van der Waals surface area contributed by atoms with Gasteiger partial charge in [0.1, 0.15) is 5.37 Å². The summed E-state index contributed by atoms with van der Waals surface area (Å²) in [5.74, 6) is 0.132. The van der Waals surface area contributed by atoms with Crippen molar-refractivity contribution in [3.8, 4) is 0 Å². The summed E-state index contributed by atoms with van der Waals surface area (Å²) in [6.07, 6.45) is -4.44. The van der Waals surface area contributed by atoms with Gasteiger partial charge in [0, 0.05) is 16.3 Å². The lowest BCUT2D eigenvalue weighted by Gasteiger charge is -2.25. The number of thioether (sulfide) groups is 2. The van der Waals surface area contributed by atoms with Gasteiger partial charge in [-0.2, -0.15) is 13.2 Å². The highest BCUT2D eigenvalue weighted by atomic mass is 32.2. The number of amides is 2. The minimum atomic E-state index is -4.44. The molecule has 1 aliphatic rings. The molecule has 0 unspecified atom stereocenters. The molecular weight excluding hydrogens is 469 g/mol. The van der Waals surface area contributed by atoms with Gasteiger partial charge in [-0.1, -0.05) is 30.3 Å².